The van der Waals surface area contributed by atoms with Gasteiger partial charge in [-0.2, -0.15) is 0 Å². The first-order valence-electron chi connectivity index (χ1n) is 4.72. The normalized spacial score (nSPS) is 18.1. The molecule has 14 heavy (non-hydrogen) atoms. The van der Waals surface area contributed by atoms with Crippen molar-refractivity contribution in [3.05, 3.63) is 29.6 Å². The summed E-state index contributed by atoms with van der Waals surface area (Å²) in [7, 11) is 0. The van der Waals surface area contributed by atoms with Gasteiger partial charge in [0.15, 0.2) is 0 Å². The SMILES string of the molecule is CC(C)(C)/N=C1/OCc2ccncc21. The molecular formula is C11H14N2O. The second-order valence-electron chi connectivity index (χ2n) is 4.41. The summed E-state index contributed by atoms with van der Waals surface area (Å²) < 4.78 is 5.51. The average Bonchev–Trinajstić information content (AvgIpc) is 2.47. The third-order valence-electron chi connectivity index (χ3n) is 1.94. The molecule has 0 radical (unpaired) electrons. The van der Waals surface area contributed by atoms with Gasteiger partial charge in [0.05, 0.1) is 11.1 Å². The molecule has 0 aliphatic carbocycles. The number of rotatable bonds is 0. The minimum absolute atomic E-state index is 0.104. The Kier molecular flexibility index (Phi) is 2.02. The van der Waals surface area contributed by atoms with E-state index in [9.17, 15) is 0 Å². The molecule has 1 aromatic rings. The highest BCUT2D eigenvalue weighted by Gasteiger charge is 2.21. The molecule has 3 heteroatoms. The van der Waals surface area contributed by atoms with Crippen LogP contribution in [-0.4, -0.2) is 16.4 Å². The van der Waals surface area contributed by atoms with Gasteiger partial charge in [-0.05, 0) is 26.8 Å². The van der Waals surface area contributed by atoms with Crippen LogP contribution < -0.4 is 0 Å². The van der Waals surface area contributed by atoms with Gasteiger partial charge in [-0.1, -0.05) is 0 Å². The third kappa shape index (κ3) is 1.76. The summed E-state index contributed by atoms with van der Waals surface area (Å²) in [5.74, 6) is 0.723. The van der Waals surface area contributed by atoms with Gasteiger partial charge in [-0.25, -0.2) is 4.99 Å². The molecule has 0 saturated carbocycles. The Morgan fingerprint density at radius 3 is 2.93 bits per heavy atom. The summed E-state index contributed by atoms with van der Waals surface area (Å²) in [4.78, 5) is 8.58. The molecule has 0 saturated heterocycles. The number of aromatic nitrogens is 1. The van der Waals surface area contributed by atoms with Gasteiger partial charge in [0.1, 0.15) is 6.61 Å². The zero-order valence-electron chi connectivity index (χ0n) is 8.74. The van der Waals surface area contributed by atoms with Crippen LogP contribution in [0.2, 0.25) is 0 Å². The highest BCUT2D eigenvalue weighted by atomic mass is 16.5. The van der Waals surface area contributed by atoms with Gasteiger partial charge in [-0.15, -0.1) is 0 Å². The average molecular weight is 190 g/mol. The third-order valence-corrected chi connectivity index (χ3v) is 1.94. The van der Waals surface area contributed by atoms with Gasteiger partial charge in [0.2, 0.25) is 5.90 Å². The standard InChI is InChI=1S/C11H14N2O/c1-11(2,3)13-10-9-6-12-5-4-8(9)7-14-10/h4-6H,7H2,1-3H3/b13-10+. The Bertz CT molecular complexity index is 377. The van der Waals surface area contributed by atoms with E-state index in [0.717, 1.165) is 11.5 Å². The first-order valence-corrected chi connectivity index (χ1v) is 4.72. The lowest BCUT2D eigenvalue weighted by Gasteiger charge is -2.12. The van der Waals surface area contributed by atoms with Crippen LogP contribution in [0.4, 0.5) is 0 Å². The molecule has 0 amide bonds. The zero-order valence-corrected chi connectivity index (χ0v) is 8.74. The Morgan fingerprint density at radius 2 is 2.21 bits per heavy atom. The van der Waals surface area contributed by atoms with E-state index in [0.29, 0.717) is 6.61 Å². The van der Waals surface area contributed by atoms with Crippen LogP contribution in [0.3, 0.4) is 0 Å². The highest BCUT2D eigenvalue weighted by Crippen LogP contribution is 2.21. The summed E-state index contributed by atoms with van der Waals surface area (Å²) in [6.45, 7) is 6.78. The number of ether oxygens (including phenoxy) is 1. The van der Waals surface area contributed by atoms with E-state index in [1.807, 2.05) is 12.3 Å². The minimum Gasteiger partial charge on any atom is -0.473 e. The fourth-order valence-electron chi connectivity index (χ4n) is 1.36. The van der Waals surface area contributed by atoms with Gasteiger partial charge in [-0.3, -0.25) is 4.98 Å². The summed E-state index contributed by atoms with van der Waals surface area (Å²) in [6, 6.07) is 1.97. The molecule has 0 fully saturated rings. The number of hydrogen-bond acceptors (Lipinski definition) is 3. The van der Waals surface area contributed by atoms with Crippen LogP contribution >= 0.6 is 0 Å². The van der Waals surface area contributed by atoms with Crippen molar-refractivity contribution in [2.45, 2.75) is 32.9 Å². The molecule has 0 aromatic carbocycles. The highest BCUT2D eigenvalue weighted by molar-refractivity contribution is 5.97. The molecule has 0 N–H and O–H groups in total. The molecule has 0 bridgehead atoms. The maximum atomic E-state index is 5.51. The molecule has 0 spiro atoms. The summed E-state index contributed by atoms with van der Waals surface area (Å²) in [5, 5.41) is 0. The monoisotopic (exact) mass is 190 g/mol. The van der Waals surface area contributed by atoms with E-state index >= 15 is 0 Å². The lowest BCUT2D eigenvalue weighted by Crippen LogP contribution is -2.14. The van der Waals surface area contributed by atoms with Crippen molar-refractivity contribution in [3.63, 3.8) is 0 Å². The predicted molar refractivity (Wildman–Crippen MR) is 55.3 cm³/mol. The van der Waals surface area contributed by atoms with Crippen LogP contribution in [0.1, 0.15) is 31.9 Å². The lowest BCUT2D eigenvalue weighted by atomic mass is 10.1. The second kappa shape index (κ2) is 3.08. The molecule has 74 valence electrons. The van der Waals surface area contributed by atoms with Crippen LogP contribution in [0.15, 0.2) is 23.5 Å². The fraction of sp³-hybridized carbons (Fsp3) is 0.455. The van der Waals surface area contributed by atoms with Gasteiger partial charge >= 0.3 is 0 Å². The topological polar surface area (TPSA) is 34.5 Å². The van der Waals surface area contributed by atoms with Gasteiger partial charge < -0.3 is 4.74 Å². The Morgan fingerprint density at radius 1 is 1.43 bits per heavy atom. The van der Waals surface area contributed by atoms with E-state index in [1.54, 1.807) is 6.20 Å². The van der Waals surface area contributed by atoms with Crippen LogP contribution in [0.5, 0.6) is 0 Å². The molecule has 2 rings (SSSR count). The second-order valence-corrected chi connectivity index (χ2v) is 4.41. The largest absolute Gasteiger partial charge is 0.473 e. The molecular weight excluding hydrogens is 176 g/mol. The van der Waals surface area contributed by atoms with Crippen molar-refractivity contribution in [3.8, 4) is 0 Å². The molecule has 1 aliphatic rings. The van der Waals surface area contributed by atoms with E-state index in [1.165, 1.54) is 5.56 Å². The number of nitrogens with zero attached hydrogens (tertiary/aromatic N) is 2. The Balaban J connectivity index is 2.40. The van der Waals surface area contributed by atoms with E-state index in [4.69, 9.17) is 4.74 Å². The molecule has 3 nitrogen and oxygen atoms in total. The number of fused-ring (bicyclic) bond motifs is 1. The van der Waals surface area contributed by atoms with Crippen molar-refractivity contribution in [1.29, 1.82) is 0 Å². The molecule has 0 atom stereocenters. The first kappa shape index (κ1) is 9.19. The summed E-state index contributed by atoms with van der Waals surface area (Å²) in [5.41, 5.74) is 2.10. The Hall–Kier alpha value is -1.38. The quantitative estimate of drug-likeness (QED) is 0.628. The van der Waals surface area contributed by atoms with Crippen molar-refractivity contribution in [1.82, 2.24) is 4.98 Å². The van der Waals surface area contributed by atoms with Crippen molar-refractivity contribution in [2.24, 2.45) is 4.99 Å². The zero-order chi connectivity index (χ0) is 10.2. The van der Waals surface area contributed by atoms with E-state index in [2.05, 4.69) is 30.7 Å². The van der Waals surface area contributed by atoms with Crippen molar-refractivity contribution >= 4 is 5.90 Å². The van der Waals surface area contributed by atoms with Crippen LogP contribution in [0.25, 0.3) is 0 Å². The van der Waals surface area contributed by atoms with Crippen molar-refractivity contribution < 1.29 is 4.74 Å². The number of pyridine rings is 1. The molecule has 1 aliphatic heterocycles. The molecule has 1 aromatic heterocycles. The smallest absolute Gasteiger partial charge is 0.218 e. The van der Waals surface area contributed by atoms with Crippen molar-refractivity contribution in [2.75, 3.05) is 0 Å². The predicted octanol–water partition coefficient (Wildman–Crippen LogP) is 2.16. The van der Waals surface area contributed by atoms with Gasteiger partial charge in [0.25, 0.3) is 0 Å². The van der Waals surface area contributed by atoms with Crippen LogP contribution in [0, 0.1) is 0 Å². The van der Waals surface area contributed by atoms with E-state index in [-0.39, 0.29) is 5.54 Å². The summed E-state index contributed by atoms with van der Waals surface area (Å²) >= 11 is 0. The first-order chi connectivity index (χ1) is 6.56. The minimum atomic E-state index is -0.104. The van der Waals surface area contributed by atoms with Crippen LogP contribution in [-0.2, 0) is 11.3 Å². The fourth-order valence-corrected chi connectivity index (χ4v) is 1.36. The maximum absolute atomic E-state index is 5.51. The number of hydrogen-bond donors (Lipinski definition) is 0. The lowest BCUT2D eigenvalue weighted by molar-refractivity contribution is 0.307. The van der Waals surface area contributed by atoms with Gasteiger partial charge in [0, 0.05) is 18.0 Å². The van der Waals surface area contributed by atoms with E-state index < -0.39 is 0 Å². The molecule has 0 unspecified atom stereocenters. The Labute approximate surface area is 83.8 Å². The molecule has 2 heterocycles. The number of aliphatic imine (C=N–C) groups is 1. The maximum Gasteiger partial charge on any atom is 0.218 e. The summed E-state index contributed by atoms with van der Waals surface area (Å²) in [6.07, 6.45) is 3.59.